The molecule has 1 saturated heterocycles. The third-order valence-corrected chi connectivity index (χ3v) is 8.35. The molecule has 0 spiro atoms. The van der Waals surface area contributed by atoms with Gasteiger partial charge in [-0.15, -0.1) is 0 Å². The summed E-state index contributed by atoms with van der Waals surface area (Å²) in [5.41, 5.74) is -2.87. The number of carboxylic acids is 1. The Bertz CT molecular complexity index is 1940. The molecule has 15 heteroatoms. The predicted molar refractivity (Wildman–Crippen MR) is 161 cm³/mol. The molecule has 50 heavy (non-hydrogen) atoms. The Labute approximate surface area is 278 Å². The van der Waals surface area contributed by atoms with Gasteiger partial charge in [0.1, 0.15) is 11.9 Å². The predicted octanol–water partition coefficient (Wildman–Crippen LogP) is 10.2. The molecule has 0 unspecified atom stereocenters. The first kappa shape index (κ1) is 36.1. The number of cyclic esters (lactones) is 1. The maximum Gasteiger partial charge on any atom is 0.416 e. The maximum atomic E-state index is 14.0. The molecule has 4 aromatic rings. The number of ether oxygens (including phenoxy) is 2. The summed E-state index contributed by atoms with van der Waals surface area (Å²) < 4.78 is 134. The number of aryl methyl sites for hydroxylation is 1. The lowest BCUT2D eigenvalue weighted by Gasteiger charge is -2.24. The fourth-order valence-corrected chi connectivity index (χ4v) is 5.87. The van der Waals surface area contributed by atoms with E-state index in [4.69, 9.17) is 9.47 Å². The van der Waals surface area contributed by atoms with Crippen LogP contribution in [0.1, 0.15) is 56.8 Å². The van der Waals surface area contributed by atoms with Gasteiger partial charge < -0.3 is 14.6 Å². The standard InChI is InChI=1S/C35H26F9NO5/c1-17-10-21(31(46)47)4-7-25(17)20-5-9-29(49-3)27(13-20)26-8-6-22(33(36,37)38)15-28(26)30-18(2)45(32(48)50-30)16-19-11-23(34(39,40)41)14-24(12-19)35(42,43)44/h4-15,18,30H,16H2,1-3H3,(H,46,47)/t18-,30+/m1/s1. The van der Waals surface area contributed by atoms with Crippen LogP contribution < -0.4 is 4.74 Å². The van der Waals surface area contributed by atoms with Crippen molar-refractivity contribution in [2.24, 2.45) is 0 Å². The van der Waals surface area contributed by atoms with Gasteiger partial charge in [0.2, 0.25) is 0 Å². The Hall–Kier alpha value is -5.21. The molecule has 264 valence electrons. The zero-order valence-corrected chi connectivity index (χ0v) is 26.2. The molecule has 0 bridgehead atoms. The summed E-state index contributed by atoms with van der Waals surface area (Å²) in [4.78, 5) is 25.4. The number of methoxy groups -OCH3 is 1. The molecule has 1 amide bonds. The molecule has 0 saturated carbocycles. The van der Waals surface area contributed by atoms with Crippen LogP contribution in [0.2, 0.25) is 0 Å². The number of carboxylic acid groups (broad SMARTS) is 1. The number of nitrogens with zero attached hydrogens (tertiary/aromatic N) is 1. The van der Waals surface area contributed by atoms with Crippen molar-refractivity contribution in [3.63, 3.8) is 0 Å². The van der Waals surface area contributed by atoms with E-state index in [-0.39, 0.29) is 34.1 Å². The Morgan fingerprint density at radius 3 is 1.92 bits per heavy atom. The van der Waals surface area contributed by atoms with E-state index in [0.29, 0.717) is 28.8 Å². The number of halogens is 9. The van der Waals surface area contributed by atoms with Crippen LogP contribution in [-0.2, 0) is 29.8 Å². The molecule has 1 heterocycles. The average molecular weight is 712 g/mol. The number of carbonyl (C=O) groups excluding carboxylic acids is 1. The van der Waals surface area contributed by atoms with Crippen molar-refractivity contribution < 1.29 is 63.7 Å². The summed E-state index contributed by atoms with van der Waals surface area (Å²) in [5.74, 6) is -0.945. The third-order valence-electron chi connectivity index (χ3n) is 8.35. The molecule has 0 aliphatic carbocycles. The van der Waals surface area contributed by atoms with Gasteiger partial charge in [-0.25, -0.2) is 9.59 Å². The summed E-state index contributed by atoms with van der Waals surface area (Å²) >= 11 is 0. The van der Waals surface area contributed by atoms with Gasteiger partial charge in [0.25, 0.3) is 0 Å². The van der Waals surface area contributed by atoms with E-state index in [9.17, 15) is 54.2 Å². The highest BCUT2D eigenvalue weighted by Crippen LogP contribution is 2.45. The number of aromatic carboxylic acids is 1. The molecule has 0 radical (unpaired) electrons. The van der Waals surface area contributed by atoms with Crippen molar-refractivity contribution in [1.82, 2.24) is 4.90 Å². The molecule has 1 aliphatic rings. The quantitative estimate of drug-likeness (QED) is 0.193. The number of amides is 1. The molecule has 1 fully saturated rings. The fraction of sp³-hybridized carbons (Fsp3) is 0.257. The number of benzene rings is 4. The zero-order chi connectivity index (χ0) is 36.9. The first-order valence-corrected chi connectivity index (χ1v) is 14.7. The smallest absolute Gasteiger partial charge is 0.416 e. The zero-order valence-electron chi connectivity index (χ0n) is 26.2. The second kappa shape index (κ2) is 12.9. The third kappa shape index (κ3) is 7.21. The van der Waals surface area contributed by atoms with E-state index in [1.807, 2.05) is 0 Å². The number of hydrogen-bond donors (Lipinski definition) is 1. The SMILES string of the molecule is COc1ccc(-c2ccc(C(=O)O)cc2C)cc1-c1ccc(C(F)(F)F)cc1[C@H]1OC(=O)N(Cc2cc(C(F)(F)F)cc(C(F)(F)F)c2)[C@@H]1C. The highest BCUT2D eigenvalue weighted by molar-refractivity contribution is 5.89. The minimum absolute atomic E-state index is 0.0337. The van der Waals surface area contributed by atoms with Crippen molar-refractivity contribution in [2.75, 3.05) is 7.11 Å². The first-order valence-electron chi connectivity index (χ1n) is 14.7. The van der Waals surface area contributed by atoms with E-state index >= 15 is 0 Å². The molecule has 6 nitrogen and oxygen atoms in total. The van der Waals surface area contributed by atoms with Crippen LogP contribution in [0.5, 0.6) is 5.75 Å². The lowest BCUT2D eigenvalue weighted by Crippen LogP contribution is -2.31. The highest BCUT2D eigenvalue weighted by atomic mass is 19.4. The van der Waals surface area contributed by atoms with Gasteiger partial charge in [-0.2, -0.15) is 39.5 Å². The minimum atomic E-state index is -5.15. The average Bonchev–Trinajstić information content (AvgIpc) is 3.31. The molecule has 1 N–H and O–H groups in total. The summed E-state index contributed by atoms with van der Waals surface area (Å²) in [5, 5.41) is 9.35. The van der Waals surface area contributed by atoms with Crippen LogP contribution in [0.25, 0.3) is 22.3 Å². The van der Waals surface area contributed by atoms with Crippen LogP contribution in [0.15, 0.2) is 72.8 Å². The highest BCUT2D eigenvalue weighted by Gasteiger charge is 2.43. The Balaban J connectivity index is 1.61. The normalized spacial score (nSPS) is 16.8. The van der Waals surface area contributed by atoms with Crippen LogP contribution >= 0.6 is 0 Å². The van der Waals surface area contributed by atoms with Crippen molar-refractivity contribution in [3.8, 4) is 28.0 Å². The van der Waals surface area contributed by atoms with Crippen LogP contribution in [0.3, 0.4) is 0 Å². The summed E-state index contributed by atoms with van der Waals surface area (Å²) in [7, 11) is 1.32. The van der Waals surface area contributed by atoms with Gasteiger partial charge in [-0.3, -0.25) is 4.90 Å². The summed E-state index contributed by atoms with van der Waals surface area (Å²) in [6.07, 6.45) is -17.8. The van der Waals surface area contributed by atoms with E-state index in [1.54, 1.807) is 31.2 Å². The molecular weight excluding hydrogens is 685 g/mol. The number of hydrogen-bond acceptors (Lipinski definition) is 4. The molecule has 2 atom stereocenters. The lowest BCUT2D eigenvalue weighted by atomic mass is 9.89. The monoisotopic (exact) mass is 711 g/mol. The van der Waals surface area contributed by atoms with E-state index < -0.39 is 71.5 Å². The van der Waals surface area contributed by atoms with Crippen molar-refractivity contribution in [1.29, 1.82) is 0 Å². The number of carbonyl (C=O) groups is 2. The summed E-state index contributed by atoms with van der Waals surface area (Å²) in [6.45, 7) is 2.24. The Morgan fingerprint density at radius 1 is 0.780 bits per heavy atom. The molecule has 0 aromatic heterocycles. The lowest BCUT2D eigenvalue weighted by molar-refractivity contribution is -0.143. The van der Waals surface area contributed by atoms with E-state index in [0.717, 1.165) is 23.1 Å². The number of rotatable bonds is 7. The second-order valence-electron chi connectivity index (χ2n) is 11.6. The number of alkyl halides is 9. The minimum Gasteiger partial charge on any atom is -0.496 e. The van der Waals surface area contributed by atoms with Gasteiger partial charge in [0.15, 0.2) is 0 Å². The molecular formula is C35H26F9NO5. The Morgan fingerprint density at radius 2 is 1.38 bits per heavy atom. The topological polar surface area (TPSA) is 76.1 Å². The van der Waals surface area contributed by atoms with Crippen molar-refractivity contribution in [2.45, 2.75) is 51.1 Å². The van der Waals surface area contributed by atoms with Gasteiger partial charge in [-0.1, -0.05) is 18.2 Å². The largest absolute Gasteiger partial charge is 0.496 e. The first-order chi connectivity index (χ1) is 23.2. The molecule has 4 aromatic carbocycles. The van der Waals surface area contributed by atoms with Crippen LogP contribution in [-0.4, -0.2) is 35.2 Å². The van der Waals surface area contributed by atoms with Crippen molar-refractivity contribution >= 4 is 12.1 Å². The van der Waals surface area contributed by atoms with E-state index in [1.165, 1.54) is 26.2 Å². The van der Waals surface area contributed by atoms with Gasteiger partial charge in [0, 0.05) is 17.7 Å². The van der Waals surface area contributed by atoms with Gasteiger partial charge >= 0.3 is 30.6 Å². The van der Waals surface area contributed by atoms with Crippen LogP contribution in [0.4, 0.5) is 44.3 Å². The second-order valence-corrected chi connectivity index (χ2v) is 11.6. The maximum absolute atomic E-state index is 14.0. The Kier molecular flexibility index (Phi) is 9.32. The van der Waals surface area contributed by atoms with E-state index in [2.05, 4.69) is 0 Å². The van der Waals surface area contributed by atoms with Crippen molar-refractivity contribution in [3.05, 3.63) is 112 Å². The van der Waals surface area contributed by atoms with Gasteiger partial charge in [0.05, 0.1) is 35.4 Å². The molecule has 1 aliphatic heterocycles. The van der Waals surface area contributed by atoms with Gasteiger partial charge in [-0.05, 0) is 96.3 Å². The molecule has 5 rings (SSSR count). The fourth-order valence-electron chi connectivity index (χ4n) is 5.87. The van der Waals surface area contributed by atoms with Crippen LogP contribution in [0, 0.1) is 6.92 Å². The summed E-state index contributed by atoms with van der Waals surface area (Å²) in [6, 6.07) is 11.6.